The van der Waals surface area contributed by atoms with Gasteiger partial charge < -0.3 is 5.11 Å². The first-order chi connectivity index (χ1) is 5.33. The van der Waals surface area contributed by atoms with Crippen molar-refractivity contribution < 1.29 is 9.90 Å². The smallest absolute Gasteiger partial charge is 0.331 e. The van der Waals surface area contributed by atoms with Crippen LogP contribution in [0.5, 0.6) is 0 Å². The lowest BCUT2D eigenvalue weighted by atomic mass is 10.2. The predicted octanol–water partition coefficient (Wildman–Crippen LogP) is 1.90. The maximum atomic E-state index is 10.3. The van der Waals surface area contributed by atoms with Crippen LogP contribution in [0.4, 0.5) is 0 Å². The Morgan fingerprint density at radius 2 is 2.00 bits per heavy atom. The normalized spacial score (nSPS) is 9.92. The molecule has 0 bridgehead atoms. The Labute approximate surface area is 74.3 Å². The van der Waals surface area contributed by atoms with E-state index in [2.05, 4.69) is 37.7 Å². The average molecular weight is 182 g/mol. The molecule has 0 aromatic rings. The van der Waals surface area contributed by atoms with Crippen molar-refractivity contribution in [2.75, 3.05) is 0 Å². The van der Waals surface area contributed by atoms with E-state index in [0.717, 1.165) is 0 Å². The van der Waals surface area contributed by atoms with Crippen LogP contribution in [0.1, 0.15) is 6.42 Å². The van der Waals surface area contributed by atoms with Crippen LogP contribution < -0.4 is 0 Å². The van der Waals surface area contributed by atoms with Crippen molar-refractivity contribution in [2.24, 2.45) is 0 Å². The van der Waals surface area contributed by atoms with Crippen LogP contribution in [-0.2, 0) is 4.79 Å². The van der Waals surface area contributed by atoms with Crippen molar-refractivity contribution in [2.45, 2.75) is 26.1 Å². The van der Waals surface area contributed by atoms with Crippen LogP contribution >= 0.6 is 0 Å². The molecule has 0 aromatic carbocycles. The van der Waals surface area contributed by atoms with Crippen molar-refractivity contribution in [1.82, 2.24) is 0 Å². The molecule has 0 unspecified atom stereocenters. The monoisotopic (exact) mass is 182 g/mol. The highest BCUT2D eigenvalue weighted by Crippen LogP contribution is 1.99. The second-order valence-electron chi connectivity index (χ2n) is 3.64. The third kappa shape index (κ3) is 5.75. The molecule has 0 rings (SSSR count). The van der Waals surface area contributed by atoms with Gasteiger partial charge in [0, 0.05) is 12.0 Å². The van der Waals surface area contributed by atoms with Crippen molar-refractivity contribution in [3.8, 4) is 11.5 Å². The molecule has 0 saturated heterocycles. The summed E-state index contributed by atoms with van der Waals surface area (Å²) in [6.07, 6.45) is 0.277. The lowest BCUT2D eigenvalue weighted by Crippen LogP contribution is -2.16. The van der Waals surface area contributed by atoms with Gasteiger partial charge in [-0.25, -0.2) is 4.79 Å². The van der Waals surface area contributed by atoms with Crippen molar-refractivity contribution in [1.29, 1.82) is 0 Å². The summed E-state index contributed by atoms with van der Waals surface area (Å²) in [6.45, 7) is 9.73. The third-order valence-electron chi connectivity index (χ3n) is 1.07. The summed E-state index contributed by atoms with van der Waals surface area (Å²) in [6, 6.07) is 0. The lowest BCUT2D eigenvalue weighted by molar-refractivity contribution is -0.132. The number of carbonyl (C=O) groups is 1. The predicted molar refractivity (Wildman–Crippen MR) is 52.5 cm³/mol. The number of carboxylic acids is 1. The van der Waals surface area contributed by atoms with Gasteiger partial charge in [0.15, 0.2) is 0 Å². The molecule has 2 nitrogen and oxygen atoms in total. The summed E-state index contributed by atoms with van der Waals surface area (Å²) in [5.74, 6) is 1.88. The van der Waals surface area contributed by atoms with Crippen molar-refractivity contribution in [3.63, 3.8) is 0 Å². The molecule has 0 heterocycles. The Morgan fingerprint density at radius 3 is 2.33 bits per heavy atom. The van der Waals surface area contributed by atoms with E-state index in [-0.39, 0.29) is 12.0 Å². The van der Waals surface area contributed by atoms with Crippen LogP contribution in [0.25, 0.3) is 0 Å². The summed E-state index contributed by atoms with van der Waals surface area (Å²) < 4.78 is 0. The minimum Gasteiger partial charge on any atom is -0.478 e. The highest BCUT2D eigenvalue weighted by Gasteiger charge is 2.07. The summed E-state index contributed by atoms with van der Waals surface area (Å²) in [5.41, 5.74) is 3.24. The number of hydrogen-bond donors (Lipinski definition) is 1. The molecular formula is C9H14O2Si. The van der Waals surface area contributed by atoms with E-state index >= 15 is 0 Å². The van der Waals surface area contributed by atoms with Gasteiger partial charge in [0.2, 0.25) is 0 Å². The number of aliphatic carboxylic acids is 1. The second-order valence-corrected chi connectivity index (χ2v) is 8.39. The summed E-state index contributed by atoms with van der Waals surface area (Å²) in [5, 5.41) is 8.46. The summed E-state index contributed by atoms with van der Waals surface area (Å²) >= 11 is 0. The summed E-state index contributed by atoms with van der Waals surface area (Å²) in [4.78, 5) is 10.3. The average Bonchev–Trinajstić information content (AvgIpc) is 1.84. The Kier molecular flexibility index (Phi) is 3.77. The van der Waals surface area contributed by atoms with Gasteiger partial charge in [-0.3, -0.25) is 0 Å². The first-order valence-electron chi connectivity index (χ1n) is 3.74. The fourth-order valence-electron chi connectivity index (χ4n) is 0.492. The lowest BCUT2D eigenvalue weighted by Gasteiger charge is -2.03. The highest BCUT2D eigenvalue weighted by atomic mass is 28.3. The molecule has 0 fully saturated rings. The zero-order valence-corrected chi connectivity index (χ0v) is 8.77. The molecule has 0 radical (unpaired) electrons. The molecule has 0 atom stereocenters. The van der Waals surface area contributed by atoms with E-state index in [1.54, 1.807) is 0 Å². The summed E-state index contributed by atoms with van der Waals surface area (Å²) in [7, 11) is -1.35. The number of hydrogen-bond acceptors (Lipinski definition) is 1. The van der Waals surface area contributed by atoms with Crippen LogP contribution in [0.2, 0.25) is 19.6 Å². The van der Waals surface area contributed by atoms with Crippen molar-refractivity contribution >= 4 is 14.0 Å². The van der Waals surface area contributed by atoms with E-state index in [1.165, 1.54) is 0 Å². The molecule has 0 spiro atoms. The van der Waals surface area contributed by atoms with Gasteiger partial charge in [-0.05, 0) is 0 Å². The molecule has 12 heavy (non-hydrogen) atoms. The fourth-order valence-corrected chi connectivity index (χ4v) is 1.11. The minimum atomic E-state index is -1.35. The SMILES string of the molecule is C=C(CC#C[Si](C)(C)C)C(=O)O. The van der Waals surface area contributed by atoms with Crippen LogP contribution in [-0.4, -0.2) is 19.1 Å². The zero-order valence-electron chi connectivity index (χ0n) is 7.77. The van der Waals surface area contributed by atoms with Gasteiger partial charge in [-0.2, -0.15) is 0 Å². The van der Waals surface area contributed by atoms with Crippen LogP contribution in [0.3, 0.4) is 0 Å². The van der Waals surface area contributed by atoms with Gasteiger partial charge in [0.25, 0.3) is 0 Å². The Morgan fingerprint density at radius 1 is 1.50 bits per heavy atom. The van der Waals surface area contributed by atoms with E-state index in [0.29, 0.717) is 0 Å². The Bertz CT molecular complexity index is 250. The molecule has 3 heteroatoms. The standard InChI is InChI=1S/C9H14O2Si/c1-8(9(10)11)6-5-7-12(2,3)4/h1,6H2,2-4H3,(H,10,11). The van der Waals surface area contributed by atoms with E-state index < -0.39 is 14.0 Å². The van der Waals surface area contributed by atoms with E-state index in [1.807, 2.05) is 0 Å². The van der Waals surface area contributed by atoms with Gasteiger partial charge >= 0.3 is 5.97 Å². The van der Waals surface area contributed by atoms with Crippen LogP contribution in [0, 0.1) is 11.5 Å². The van der Waals surface area contributed by atoms with Gasteiger partial charge in [-0.15, -0.1) is 11.5 Å². The van der Waals surface area contributed by atoms with Gasteiger partial charge in [0.1, 0.15) is 8.07 Å². The first-order valence-corrected chi connectivity index (χ1v) is 7.24. The number of carboxylic acid groups (broad SMARTS) is 1. The van der Waals surface area contributed by atoms with E-state index in [4.69, 9.17) is 5.11 Å². The molecule has 0 amide bonds. The maximum absolute atomic E-state index is 10.3. The largest absolute Gasteiger partial charge is 0.478 e. The number of rotatable bonds is 2. The Hall–Kier alpha value is -1.01. The zero-order chi connectivity index (χ0) is 9.78. The third-order valence-corrected chi connectivity index (χ3v) is 1.99. The maximum Gasteiger partial charge on any atom is 0.331 e. The molecule has 0 aromatic heterocycles. The topological polar surface area (TPSA) is 37.3 Å². The highest BCUT2D eigenvalue weighted by molar-refractivity contribution is 6.83. The minimum absolute atomic E-state index is 0.167. The molecular weight excluding hydrogens is 168 g/mol. The Balaban J connectivity index is 4.05. The molecule has 1 N–H and O–H groups in total. The second kappa shape index (κ2) is 4.12. The van der Waals surface area contributed by atoms with Gasteiger partial charge in [-0.1, -0.05) is 26.2 Å². The van der Waals surface area contributed by atoms with E-state index in [9.17, 15) is 4.79 Å². The molecule has 0 aliphatic carbocycles. The molecule has 0 saturated carbocycles. The first kappa shape index (κ1) is 11.0. The molecule has 66 valence electrons. The van der Waals surface area contributed by atoms with Crippen LogP contribution in [0.15, 0.2) is 12.2 Å². The van der Waals surface area contributed by atoms with Crippen molar-refractivity contribution in [3.05, 3.63) is 12.2 Å². The fraction of sp³-hybridized carbons (Fsp3) is 0.444. The molecule has 0 aliphatic rings. The van der Waals surface area contributed by atoms with Gasteiger partial charge in [0.05, 0.1) is 0 Å². The molecule has 0 aliphatic heterocycles. The quantitative estimate of drug-likeness (QED) is 0.402.